The predicted octanol–water partition coefficient (Wildman–Crippen LogP) is 11.0. The van der Waals surface area contributed by atoms with Gasteiger partial charge in [-0.15, -0.1) is 0 Å². The standard InChI is InChI=1S/C54H39BN6/c1-5-16-39(17-6-1)45-24-13-25-46(40-18-7-2-8-19-40)54(45)58-35-34-57(38-58)43-28-30-49-47(36-43)55-48-37-44(59-33-15-32-56-59)29-31-50(48)61(42-22-11-4-12-23-42)52-27-14-26-51(53(52)55)60(49)41-20-9-3-10-21-41/h1-37H,38H2. The monoisotopic (exact) mass is 782 g/mol. The Hall–Kier alpha value is -8.03. The van der Waals surface area contributed by atoms with Crippen LogP contribution in [0.1, 0.15) is 0 Å². The fourth-order valence-electron chi connectivity index (χ4n) is 9.66. The van der Waals surface area contributed by atoms with Crippen LogP contribution in [0.5, 0.6) is 0 Å². The summed E-state index contributed by atoms with van der Waals surface area (Å²) in [5.41, 5.74) is 18.9. The number of nitrogens with zero attached hydrogens (tertiary/aromatic N) is 6. The van der Waals surface area contributed by atoms with E-state index in [1.165, 1.54) is 67.1 Å². The molecule has 0 atom stereocenters. The Balaban J connectivity index is 1.03. The molecule has 3 aliphatic rings. The van der Waals surface area contributed by atoms with E-state index in [-0.39, 0.29) is 6.71 Å². The van der Waals surface area contributed by atoms with Crippen LogP contribution in [0.15, 0.2) is 225 Å². The third kappa shape index (κ3) is 5.77. The molecule has 0 spiro atoms. The van der Waals surface area contributed by atoms with Crippen LogP contribution in [0.4, 0.5) is 45.5 Å². The van der Waals surface area contributed by atoms with Crippen molar-refractivity contribution in [3.05, 3.63) is 225 Å². The molecule has 1 aromatic heterocycles. The maximum absolute atomic E-state index is 4.66. The normalized spacial score (nSPS) is 13.6. The number of hydrogen-bond acceptors (Lipinski definition) is 5. The van der Waals surface area contributed by atoms with Crippen molar-refractivity contribution in [1.29, 1.82) is 0 Å². The lowest BCUT2D eigenvalue weighted by atomic mass is 9.33. The van der Waals surface area contributed by atoms with E-state index < -0.39 is 0 Å². The van der Waals surface area contributed by atoms with Crippen LogP contribution in [0.25, 0.3) is 27.9 Å². The molecule has 0 saturated carbocycles. The lowest BCUT2D eigenvalue weighted by molar-refractivity contribution is 0.881. The highest BCUT2D eigenvalue weighted by atomic mass is 15.3. The SMILES string of the molecule is C1=CN(c2c(-c3ccccc3)cccc2-c2ccccc2)CN1c1ccc2c(c1)B1c3cc(-n4cccn4)ccc3N(c3ccccc3)c3cccc(c31)N2c1ccccc1. The third-order valence-corrected chi connectivity index (χ3v) is 12.3. The number of para-hydroxylation sites is 3. The topological polar surface area (TPSA) is 30.8 Å². The van der Waals surface area contributed by atoms with Gasteiger partial charge in [-0.25, -0.2) is 4.68 Å². The largest absolute Gasteiger partial charge is 0.328 e. The zero-order valence-corrected chi connectivity index (χ0v) is 33.3. The predicted molar refractivity (Wildman–Crippen MR) is 254 cm³/mol. The number of benzene rings is 8. The van der Waals surface area contributed by atoms with Gasteiger partial charge in [0.05, 0.1) is 18.0 Å². The van der Waals surface area contributed by atoms with Crippen LogP contribution in [0.3, 0.4) is 0 Å². The average molecular weight is 783 g/mol. The number of anilines is 8. The van der Waals surface area contributed by atoms with E-state index in [0.29, 0.717) is 6.67 Å². The number of rotatable bonds is 7. The first-order valence-electron chi connectivity index (χ1n) is 20.9. The molecule has 6 nitrogen and oxygen atoms in total. The van der Waals surface area contributed by atoms with E-state index in [0.717, 1.165) is 22.7 Å². The first-order valence-corrected chi connectivity index (χ1v) is 20.9. The van der Waals surface area contributed by atoms with Gasteiger partial charge in [0.2, 0.25) is 0 Å². The molecule has 0 N–H and O–H groups in total. The smallest absolute Gasteiger partial charge is 0.252 e. The molecule has 0 fully saturated rings. The Kier molecular flexibility index (Phi) is 8.23. The Labute approximate surface area is 356 Å². The van der Waals surface area contributed by atoms with Crippen LogP contribution in [-0.2, 0) is 0 Å². The van der Waals surface area contributed by atoms with Crippen molar-refractivity contribution in [3.8, 4) is 27.9 Å². The first-order chi connectivity index (χ1) is 30.3. The summed E-state index contributed by atoms with van der Waals surface area (Å²) in [5.74, 6) is 0. The highest BCUT2D eigenvalue weighted by Gasteiger charge is 2.43. The van der Waals surface area contributed by atoms with Crippen molar-refractivity contribution in [2.45, 2.75) is 0 Å². The van der Waals surface area contributed by atoms with E-state index in [4.69, 9.17) is 0 Å². The minimum atomic E-state index is -0.0437. The molecule has 12 rings (SSSR count). The zero-order chi connectivity index (χ0) is 40.3. The molecule has 9 aromatic rings. The van der Waals surface area contributed by atoms with Gasteiger partial charge >= 0.3 is 0 Å². The highest BCUT2D eigenvalue weighted by molar-refractivity contribution is 7.00. The Morgan fingerprint density at radius 2 is 0.918 bits per heavy atom. The maximum atomic E-state index is 4.66. The Morgan fingerprint density at radius 3 is 1.48 bits per heavy atom. The molecule has 0 unspecified atom stereocenters. The van der Waals surface area contributed by atoms with Gasteiger partial charge in [0.1, 0.15) is 0 Å². The van der Waals surface area contributed by atoms with Crippen molar-refractivity contribution >= 4 is 68.6 Å². The molecule has 61 heavy (non-hydrogen) atoms. The summed E-state index contributed by atoms with van der Waals surface area (Å²) in [6.45, 7) is 0.622. The molecular weight excluding hydrogens is 743 g/mol. The van der Waals surface area contributed by atoms with Gasteiger partial charge in [-0.05, 0) is 106 Å². The summed E-state index contributed by atoms with van der Waals surface area (Å²) in [4.78, 5) is 9.67. The van der Waals surface area contributed by atoms with Crippen molar-refractivity contribution in [2.24, 2.45) is 0 Å². The van der Waals surface area contributed by atoms with Gasteiger partial charge < -0.3 is 19.6 Å². The van der Waals surface area contributed by atoms with Crippen LogP contribution >= 0.6 is 0 Å². The number of hydrogen-bond donors (Lipinski definition) is 0. The van der Waals surface area contributed by atoms with Gasteiger partial charge in [0, 0.05) is 75.7 Å². The molecule has 7 heteroatoms. The molecule has 0 amide bonds. The summed E-state index contributed by atoms with van der Waals surface area (Å²) in [6.07, 6.45) is 8.34. The van der Waals surface area contributed by atoms with Gasteiger partial charge in [-0.2, -0.15) is 5.10 Å². The van der Waals surface area contributed by atoms with Crippen LogP contribution < -0.4 is 36.0 Å². The molecular formula is C54H39BN6. The molecule has 4 heterocycles. The van der Waals surface area contributed by atoms with Crippen molar-refractivity contribution < 1.29 is 0 Å². The summed E-state index contributed by atoms with van der Waals surface area (Å²) in [6, 6.07) is 72.3. The maximum Gasteiger partial charge on any atom is 0.252 e. The van der Waals surface area contributed by atoms with E-state index >= 15 is 0 Å². The minimum absolute atomic E-state index is 0.0437. The van der Waals surface area contributed by atoms with E-state index in [2.05, 4.69) is 231 Å². The van der Waals surface area contributed by atoms with Gasteiger partial charge in [0.25, 0.3) is 6.71 Å². The van der Waals surface area contributed by atoms with E-state index in [1.807, 2.05) is 23.1 Å². The molecule has 0 bridgehead atoms. The zero-order valence-electron chi connectivity index (χ0n) is 33.3. The Morgan fingerprint density at radius 1 is 0.410 bits per heavy atom. The fourth-order valence-corrected chi connectivity index (χ4v) is 9.66. The first kappa shape index (κ1) is 35.0. The van der Waals surface area contributed by atoms with Gasteiger partial charge in [-0.3, -0.25) is 0 Å². The second-order valence-corrected chi connectivity index (χ2v) is 15.7. The molecule has 0 saturated heterocycles. The summed E-state index contributed by atoms with van der Waals surface area (Å²) in [5, 5.41) is 4.66. The average Bonchev–Trinajstić information content (AvgIpc) is 4.07. The summed E-state index contributed by atoms with van der Waals surface area (Å²) >= 11 is 0. The number of fused-ring (bicyclic) bond motifs is 4. The van der Waals surface area contributed by atoms with Crippen LogP contribution in [0.2, 0.25) is 0 Å². The molecule has 288 valence electrons. The summed E-state index contributed by atoms with van der Waals surface area (Å²) in [7, 11) is 0. The molecule has 0 radical (unpaired) electrons. The van der Waals surface area contributed by atoms with E-state index in [9.17, 15) is 0 Å². The third-order valence-electron chi connectivity index (χ3n) is 12.3. The quantitative estimate of drug-likeness (QED) is 0.150. The van der Waals surface area contributed by atoms with Crippen molar-refractivity contribution in [3.63, 3.8) is 0 Å². The molecule has 0 aliphatic carbocycles. The van der Waals surface area contributed by atoms with Crippen LogP contribution in [0, 0.1) is 0 Å². The van der Waals surface area contributed by atoms with Crippen molar-refractivity contribution in [2.75, 3.05) is 26.3 Å². The lowest BCUT2D eigenvalue weighted by Crippen LogP contribution is -2.61. The highest BCUT2D eigenvalue weighted by Crippen LogP contribution is 2.45. The second-order valence-electron chi connectivity index (χ2n) is 15.7. The lowest BCUT2D eigenvalue weighted by Gasteiger charge is -2.44. The second kappa shape index (κ2) is 14.4. The van der Waals surface area contributed by atoms with E-state index in [1.54, 1.807) is 0 Å². The molecule has 3 aliphatic heterocycles. The number of aromatic nitrogens is 2. The van der Waals surface area contributed by atoms with Gasteiger partial charge in [0.15, 0.2) is 0 Å². The van der Waals surface area contributed by atoms with Crippen molar-refractivity contribution in [1.82, 2.24) is 9.78 Å². The molecule has 8 aromatic carbocycles. The Bertz CT molecular complexity index is 3010. The van der Waals surface area contributed by atoms with Gasteiger partial charge in [-0.1, -0.05) is 121 Å². The fraction of sp³-hybridized carbons (Fsp3) is 0.0185. The van der Waals surface area contributed by atoms with Crippen LogP contribution in [-0.4, -0.2) is 23.2 Å². The summed E-state index contributed by atoms with van der Waals surface area (Å²) < 4.78 is 1.96. The minimum Gasteiger partial charge on any atom is -0.328 e.